The normalized spacial score (nSPS) is 10.6. The highest BCUT2D eigenvalue weighted by atomic mass is 35.5. The molecule has 0 aromatic carbocycles. The van der Waals surface area contributed by atoms with E-state index >= 15 is 0 Å². The first-order chi connectivity index (χ1) is 13.7. The minimum Gasteiger partial charge on any atom is -0.306 e. The molecule has 0 aliphatic heterocycles. The number of halogens is 2. The zero-order chi connectivity index (χ0) is 21.6. The molecule has 2 aromatic rings. The molecule has 2 rings (SSSR count). The van der Waals surface area contributed by atoms with Gasteiger partial charge in [-0.2, -0.15) is 4.98 Å². The molecule has 0 spiro atoms. The third-order valence-corrected chi connectivity index (χ3v) is 4.26. The van der Waals surface area contributed by atoms with E-state index in [1.807, 2.05) is 25.2 Å². The van der Waals surface area contributed by atoms with Gasteiger partial charge in [-0.25, -0.2) is 9.78 Å². The van der Waals surface area contributed by atoms with Crippen LogP contribution in [0.1, 0.15) is 37.8 Å². The van der Waals surface area contributed by atoms with E-state index in [9.17, 15) is 4.79 Å². The van der Waals surface area contributed by atoms with Crippen molar-refractivity contribution >= 4 is 52.3 Å². The van der Waals surface area contributed by atoms with Gasteiger partial charge in [0.2, 0.25) is 5.82 Å². The molecule has 0 unspecified atom stereocenters. The highest BCUT2D eigenvalue weighted by molar-refractivity contribution is 6.33. The number of hydrogen-bond acceptors (Lipinski definition) is 5. The Balaban J connectivity index is 2.20. The minimum atomic E-state index is -0.528. The number of hydrazine groups is 1. The number of pyridine rings is 2. The van der Waals surface area contributed by atoms with E-state index in [1.165, 1.54) is 12.1 Å². The smallest absolute Gasteiger partial charge is 0.306 e. The molecule has 8 nitrogen and oxygen atoms in total. The lowest BCUT2D eigenvalue weighted by Crippen LogP contribution is -2.78. The highest BCUT2D eigenvalue weighted by Gasteiger charge is 2.19. The van der Waals surface area contributed by atoms with Crippen molar-refractivity contribution in [1.29, 1.82) is 5.41 Å². The van der Waals surface area contributed by atoms with Crippen LogP contribution in [-0.4, -0.2) is 28.3 Å². The van der Waals surface area contributed by atoms with E-state index in [4.69, 9.17) is 28.6 Å². The number of aromatic nitrogens is 2. The summed E-state index contributed by atoms with van der Waals surface area (Å²) in [6.07, 6.45) is 1.76. The predicted octanol–water partition coefficient (Wildman–Crippen LogP) is 3.82. The predicted molar refractivity (Wildman–Crippen MR) is 118 cm³/mol. The Bertz CT molecular complexity index is 911. The standard InChI is InChI=1S/C19H23Cl2N7O/c1-5-6-23-18-17(11(4)22)13(10(2)3)9-16(26-18)27-28-19(29)24-12-7-14(20)25-15(21)8-12/h5,7-10,22H,1,6H2,2-4H3,(H2,23,26,27)(H2,24,25,28,29)/p+1. The lowest BCUT2D eigenvalue weighted by Gasteiger charge is -2.17. The number of hydrogen-bond donors (Lipinski definition) is 5. The van der Waals surface area contributed by atoms with Crippen LogP contribution in [0.5, 0.6) is 0 Å². The Morgan fingerprint density at radius 2 is 1.93 bits per heavy atom. The summed E-state index contributed by atoms with van der Waals surface area (Å²) in [5.41, 5.74) is 7.91. The molecular formula is C19H24Cl2N7O+. The molecule has 0 atom stereocenters. The van der Waals surface area contributed by atoms with Gasteiger partial charge in [0.15, 0.2) is 5.82 Å². The molecule has 0 saturated carbocycles. The van der Waals surface area contributed by atoms with Crippen LogP contribution in [-0.2, 0) is 0 Å². The van der Waals surface area contributed by atoms with E-state index < -0.39 is 6.03 Å². The number of nitrogens with two attached hydrogens (primary N) is 1. The van der Waals surface area contributed by atoms with Gasteiger partial charge in [0.1, 0.15) is 10.3 Å². The van der Waals surface area contributed by atoms with Gasteiger partial charge >= 0.3 is 6.03 Å². The Labute approximate surface area is 179 Å². The SMILES string of the molecule is C=CC[NH2+]c1nc(NNC(=O)Nc2cc(Cl)nc(Cl)c2)cc(C(C)C)c1C(C)=N. The van der Waals surface area contributed by atoms with Gasteiger partial charge in [-0.15, -0.1) is 0 Å². The van der Waals surface area contributed by atoms with Gasteiger partial charge in [0.05, 0.1) is 12.1 Å². The monoisotopic (exact) mass is 436 g/mol. The number of carbonyl (C=O) groups excluding carboxylic acids is 1. The van der Waals surface area contributed by atoms with E-state index in [1.54, 1.807) is 13.0 Å². The molecule has 0 aliphatic rings. The Morgan fingerprint density at radius 1 is 1.28 bits per heavy atom. The van der Waals surface area contributed by atoms with Crippen molar-refractivity contribution in [3.05, 3.63) is 52.3 Å². The minimum absolute atomic E-state index is 0.166. The van der Waals surface area contributed by atoms with Gasteiger partial charge in [-0.1, -0.05) is 43.6 Å². The van der Waals surface area contributed by atoms with Gasteiger partial charge in [-0.05, 0) is 42.7 Å². The van der Waals surface area contributed by atoms with Crippen molar-refractivity contribution in [2.75, 3.05) is 17.3 Å². The van der Waals surface area contributed by atoms with Crippen LogP contribution in [0.25, 0.3) is 0 Å². The van der Waals surface area contributed by atoms with Crippen molar-refractivity contribution in [3.63, 3.8) is 0 Å². The lowest BCUT2D eigenvalue weighted by atomic mass is 9.95. The summed E-state index contributed by atoms with van der Waals surface area (Å²) in [7, 11) is 0. The van der Waals surface area contributed by atoms with Crippen LogP contribution in [0.2, 0.25) is 10.3 Å². The van der Waals surface area contributed by atoms with Crippen molar-refractivity contribution in [3.8, 4) is 0 Å². The molecule has 2 heterocycles. The second-order valence-corrected chi connectivity index (χ2v) is 7.35. The van der Waals surface area contributed by atoms with Crippen LogP contribution >= 0.6 is 23.2 Å². The molecule has 0 aliphatic carbocycles. The van der Waals surface area contributed by atoms with E-state index in [-0.39, 0.29) is 16.2 Å². The van der Waals surface area contributed by atoms with Crippen molar-refractivity contribution in [2.24, 2.45) is 0 Å². The summed E-state index contributed by atoms with van der Waals surface area (Å²) in [5, 5.41) is 13.0. The topological polar surface area (TPSA) is 119 Å². The molecule has 6 N–H and O–H groups in total. The number of nitrogens with one attached hydrogen (secondary N) is 4. The summed E-state index contributed by atoms with van der Waals surface area (Å²) in [6, 6.07) is 4.25. The quantitative estimate of drug-likeness (QED) is 0.187. The van der Waals surface area contributed by atoms with Crippen LogP contribution in [0.3, 0.4) is 0 Å². The second kappa shape index (κ2) is 10.2. The van der Waals surface area contributed by atoms with Crippen LogP contribution < -0.4 is 21.5 Å². The fraction of sp³-hybridized carbons (Fsp3) is 0.263. The third kappa shape index (κ3) is 6.42. The highest BCUT2D eigenvalue weighted by Crippen LogP contribution is 2.26. The number of nitrogens with zero attached hydrogens (tertiary/aromatic N) is 2. The van der Waals surface area contributed by atoms with Crippen molar-refractivity contribution < 1.29 is 10.1 Å². The molecule has 0 fully saturated rings. The van der Waals surface area contributed by atoms with Crippen molar-refractivity contribution in [2.45, 2.75) is 26.7 Å². The maximum absolute atomic E-state index is 12.2. The van der Waals surface area contributed by atoms with Crippen LogP contribution in [0.15, 0.2) is 30.9 Å². The number of amides is 2. The average molecular weight is 437 g/mol. The van der Waals surface area contributed by atoms with Crippen molar-refractivity contribution in [1.82, 2.24) is 15.4 Å². The summed E-state index contributed by atoms with van der Waals surface area (Å²) in [6.45, 7) is 10.2. The maximum Gasteiger partial charge on any atom is 0.337 e. The van der Waals surface area contributed by atoms with E-state index in [0.717, 1.165) is 11.1 Å². The number of anilines is 2. The average Bonchev–Trinajstić information content (AvgIpc) is 2.62. The maximum atomic E-state index is 12.2. The molecule has 0 bridgehead atoms. The second-order valence-electron chi connectivity index (χ2n) is 6.57. The molecule has 2 aromatic heterocycles. The molecule has 154 valence electrons. The number of urea groups is 1. The Kier molecular flexibility index (Phi) is 7.95. The fourth-order valence-electron chi connectivity index (χ4n) is 2.68. The zero-order valence-electron chi connectivity index (χ0n) is 16.4. The summed E-state index contributed by atoms with van der Waals surface area (Å²) in [4.78, 5) is 20.5. The zero-order valence-corrected chi connectivity index (χ0v) is 17.9. The molecular weight excluding hydrogens is 413 g/mol. The Morgan fingerprint density at radius 3 is 2.48 bits per heavy atom. The van der Waals surface area contributed by atoms with Gasteiger partial charge in [0, 0.05) is 11.4 Å². The first kappa shape index (κ1) is 22.6. The van der Waals surface area contributed by atoms with Crippen LogP contribution in [0.4, 0.5) is 22.1 Å². The molecule has 29 heavy (non-hydrogen) atoms. The molecule has 10 heteroatoms. The fourth-order valence-corrected chi connectivity index (χ4v) is 3.14. The molecule has 2 amide bonds. The van der Waals surface area contributed by atoms with E-state index in [0.29, 0.717) is 29.6 Å². The first-order valence-electron chi connectivity index (χ1n) is 8.92. The third-order valence-electron chi connectivity index (χ3n) is 3.88. The molecule has 0 saturated heterocycles. The summed E-state index contributed by atoms with van der Waals surface area (Å²) >= 11 is 11.7. The number of quaternary nitrogens is 1. The number of rotatable bonds is 8. The van der Waals surface area contributed by atoms with Gasteiger partial charge in [-0.3, -0.25) is 16.2 Å². The molecule has 0 radical (unpaired) electrons. The lowest BCUT2D eigenvalue weighted by molar-refractivity contribution is -0.564. The summed E-state index contributed by atoms with van der Waals surface area (Å²) < 4.78 is 0. The van der Waals surface area contributed by atoms with Gasteiger partial charge in [0.25, 0.3) is 0 Å². The van der Waals surface area contributed by atoms with Gasteiger partial charge < -0.3 is 10.7 Å². The summed E-state index contributed by atoms with van der Waals surface area (Å²) in [5.74, 6) is 1.29. The van der Waals surface area contributed by atoms with E-state index in [2.05, 4.69) is 32.7 Å². The first-order valence-corrected chi connectivity index (χ1v) is 9.67. The van der Waals surface area contributed by atoms with Crippen LogP contribution in [0, 0.1) is 5.41 Å². The largest absolute Gasteiger partial charge is 0.337 e. The Hall–Kier alpha value is -2.68. The number of carbonyl (C=O) groups is 1.